The van der Waals surface area contributed by atoms with Crippen molar-refractivity contribution in [2.24, 2.45) is 0 Å². The van der Waals surface area contributed by atoms with Crippen molar-refractivity contribution in [2.45, 2.75) is 18.9 Å². The second kappa shape index (κ2) is 5.99. The molecule has 2 aromatic rings. The molecule has 1 unspecified atom stereocenters. The lowest BCUT2D eigenvalue weighted by Gasteiger charge is -2.15. The first kappa shape index (κ1) is 12.3. The van der Waals surface area contributed by atoms with Gasteiger partial charge in [-0.15, -0.1) is 0 Å². The van der Waals surface area contributed by atoms with Crippen LogP contribution in [0.1, 0.15) is 23.7 Å². The standard InChI is InChI=1S/C14H15N3O/c15-8-13-9-17(11-16-13)14(10-18)7-6-12-4-2-1-3-5-12/h1-5,9,11,14,18H,6-7,10H2. The maximum atomic E-state index is 9.41. The Hall–Kier alpha value is -2.12. The Morgan fingerprint density at radius 2 is 2.11 bits per heavy atom. The Morgan fingerprint density at radius 1 is 1.33 bits per heavy atom. The highest BCUT2D eigenvalue weighted by Gasteiger charge is 2.10. The minimum Gasteiger partial charge on any atom is -0.394 e. The molecule has 0 amide bonds. The van der Waals surface area contributed by atoms with Crippen LogP contribution in [0.25, 0.3) is 0 Å². The Bertz CT molecular complexity index is 527. The molecule has 0 saturated heterocycles. The number of nitrogens with zero attached hydrogens (tertiary/aromatic N) is 3. The van der Waals surface area contributed by atoms with Crippen molar-refractivity contribution in [3.8, 4) is 6.07 Å². The molecule has 1 aromatic heterocycles. The number of nitriles is 1. The Labute approximate surface area is 106 Å². The summed E-state index contributed by atoms with van der Waals surface area (Å²) in [5.41, 5.74) is 1.63. The van der Waals surface area contributed by atoms with Gasteiger partial charge in [0, 0.05) is 6.20 Å². The minimum absolute atomic E-state index is 0.0280. The summed E-state index contributed by atoms with van der Waals surface area (Å²) in [4.78, 5) is 3.95. The summed E-state index contributed by atoms with van der Waals surface area (Å²) in [5, 5.41) is 18.1. The van der Waals surface area contributed by atoms with E-state index in [0.29, 0.717) is 5.69 Å². The fourth-order valence-electron chi connectivity index (χ4n) is 1.91. The molecule has 0 bridgehead atoms. The summed E-state index contributed by atoms with van der Waals surface area (Å²) in [6.07, 6.45) is 4.99. The number of imidazole rings is 1. The van der Waals surface area contributed by atoms with Crippen molar-refractivity contribution in [1.82, 2.24) is 9.55 Å². The number of hydrogen-bond acceptors (Lipinski definition) is 3. The molecule has 0 spiro atoms. The molecular formula is C14H15N3O. The van der Waals surface area contributed by atoms with Crippen LogP contribution in [-0.2, 0) is 6.42 Å². The van der Waals surface area contributed by atoms with E-state index < -0.39 is 0 Å². The van der Waals surface area contributed by atoms with Crippen LogP contribution in [0.15, 0.2) is 42.9 Å². The van der Waals surface area contributed by atoms with Crippen LogP contribution in [0.3, 0.4) is 0 Å². The van der Waals surface area contributed by atoms with Crippen LogP contribution in [0, 0.1) is 11.3 Å². The van der Waals surface area contributed by atoms with Gasteiger partial charge in [0.05, 0.1) is 19.0 Å². The summed E-state index contributed by atoms with van der Waals surface area (Å²) >= 11 is 0. The average Bonchev–Trinajstić information content (AvgIpc) is 2.89. The van der Waals surface area contributed by atoms with Crippen LogP contribution in [0.4, 0.5) is 0 Å². The molecule has 4 nitrogen and oxygen atoms in total. The molecule has 0 aliphatic rings. The second-order valence-corrected chi connectivity index (χ2v) is 4.18. The zero-order valence-corrected chi connectivity index (χ0v) is 10.0. The van der Waals surface area contributed by atoms with Gasteiger partial charge in [0.15, 0.2) is 5.69 Å². The fraction of sp³-hybridized carbons (Fsp3) is 0.286. The summed E-state index contributed by atoms with van der Waals surface area (Å²) in [6.45, 7) is 0.0497. The van der Waals surface area contributed by atoms with Gasteiger partial charge < -0.3 is 9.67 Å². The molecule has 1 N–H and O–H groups in total. The van der Waals surface area contributed by atoms with E-state index >= 15 is 0 Å². The number of benzene rings is 1. The van der Waals surface area contributed by atoms with Crippen molar-refractivity contribution >= 4 is 0 Å². The van der Waals surface area contributed by atoms with Crippen LogP contribution in [-0.4, -0.2) is 21.3 Å². The summed E-state index contributed by atoms with van der Waals surface area (Å²) in [7, 11) is 0. The molecule has 1 aromatic carbocycles. The zero-order chi connectivity index (χ0) is 12.8. The quantitative estimate of drug-likeness (QED) is 0.870. The Kier molecular flexibility index (Phi) is 4.11. The molecule has 2 rings (SSSR count). The molecule has 1 heterocycles. The van der Waals surface area contributed by atoms with Gasteiger partial charge in [-0.05, 0) is 18.4 Å². The smallest absolute Gasteiger partial charge is 0.158 e. The van der Waals surface area contributed by atoms with E-state index in [9.17, 15) is 5.11 Å². The van der Waals surface area contributed by atoms with Crippen molar-refractivity contribution in [1.29, 1.82) is 5.26 Å². The van der Waals surface area contributed by atoms with E-state index in [1.54, 1.807) is 12.5 Å². The Morgan fingerprint density at radius 3 is 2.72 bits per heavy atom. The highest BCUT2D eigenvalue weighted by atomic mass is 16.3. The zero-order valence-electron chi connectivity index (χ0n) is 10.0. The number of rotatable bonds is 5. The van der Waals surface area contributed by atoms with Crippen molar-refractivity contribution in [3.05, 3.63) is 54.1 Å². The average molecular weight is 241 g/mol. The lowest BCUT2D eigenvalue weighted by Crippen LogP contribution is -2.12. The fourth-order valence-corrected chi connectivity index (χ4v) is 1.91. The number of hydrogen-bond donors (Lipinski definition) is 1. The van der Waals surface area contributed by atoms with Crippen LogP contribution in [0.5, 0.6) is 0 Å². The topological polar surface area (TPSA) is 61.8 Å². The molecule has 0 aliphatic heterocycles. The highest BCUT2D eigenvalue weighted by molar-refractivity contribution is 5.17. The third-order valence-corrected chi connectivity index (χ3v) is 2.96. The molecule has 0 saturated carbocycles. The monoisotopic (exact) mass is 241 g/mol. The Balaban J connectivity index is 2.00. The molecule has 0 aliphatic carbocycles. The van der Waals surface area contributed by atoms with Gasteiger partial charge in [-0.3, -0.25) is 0 Å². The van der Waals surface area contributed by atoms with E-state index in [1.165, 1.54) is 5.56 Å². The van der Waals surface area contributed by atoms with Gasteiger partial charge in [0.1, 0.15) is 6.07 Å². The predicted molar refractivity (Wildman–Crippen MR) is 67.8 cm³/mol. The van der Waals surface area contributed by atoms with E-state index in [2.05, 4.69) is 17.1 Å². The first-order valence-electron chi connectivity index (χ1n) is 5.92. The first-order chi connectivity index (χ1) is 8.83. The van der Waals surface area contributed by atoms with Gasteiger partial charge in [-0.1, -0.05) is 30.3 Å². The number of aromatic nitrogens is 2. The maximum absolute atomic E-state index is 9.41. The molecule has 4 heteroatoms. The molecule has 0 fully saturated rings. The van der Waals surface area contributed by atoms with Crippen molar-refractivity contribution in [3.63, 3.8) is 0 Å². The summed E-state index contributed by atoms with van der Waals surface area (Å²) in [5.74, 6) is 0. The largest absolute Gasteiger partial charge is 0.394 e. The summed E-state index contributed by atoms with van der Waals surface area (Å²) in [6, 6.07) is 12.1. The van der Waals surface area contributed by atoms with Crippen LogP contribution >= 0.6 is 0 Å². The van der Waals surface area contributed by atoms with E-state index in [-0.39, 0.29) is 12.6 Å². The number of aryl methyl sites for hydroxylation is 1. The number of aliphatic hydroxyl groups is 1. The third-order valence-electron chi connectivity index (χ3n) is 2.96. The van der Waals surface area contributed by atoms with Gasteiger partial charge in [0.2, 0.25) is 0 Å². The molecule has 92 valence electrons. The van der Waals surface area contributed by atoms with Gasteiger partial charge in [-0.25, -0.2) is 4.98 Å². The third kappa shape index (κ3) is 2.96. The van der Waals surface area contributed by atoms with E-state index in [1.807, 2.05) is 28.8 Å². The molecular weight excluding hydrogens is 226 g/mol. The molecule has 0 radical (unpaired) electrons. The number of aliphatic hydroxyl groups excluding tert-OH is 1. The highest BCUT2D eigenvalue weighted by Crippen LogP contribution is 2.15. The minimum atomic E-state index is -0.0280. The first-order valence-corrected chi connectivity index (χ1v) is 5.92. The van der Waals surface area contributed by atoms with Crippen molar-refractivity contribution in [2.75, 3.05) is 6.61 Å². The predicted octanol–water partition coefficient (Wildman–Crippen LogP) is 1.92. The van der Waals surface area contributed by atoms with Gasteiger partial charge in [0.25, 0.3) is 0 Å². The van der Waals surface area contributed by atoms with Crippen molar-refractivity contribution < 1.29 is 5.11 Å². The lowest BCUT2D eigenvalue weighted by molar-refractivity contribution is 0.220. The normalized spacial score (nSPS) is 12.0. The SMILES string of the molecule is N#Cc1cn(C(CO)CCc2ccccc2)cn1. The van der Waals surface area contributed by atoms with Gasteiger partial charge >= 0.3 is 0 Å². The maximum Gasteiger partial charge on any atom is 0.158 e. The summed E-state index contributed by atoms with van der Waals surface area (Å²) < 4.78 is 1.81. The van der Waals surface area contributed by atoms with Gasteiger partial charge in [-0.2, -0.15) is 5.26 Å². The molecule has 1 atom stereocenters. The van der Waals surface area contributed by atoms with E-state index in [4.69, 9.17) is 5.26 Å². The van der Waals surface area contributed by atoms with E-state index in [0.717, 1.165) is 12.8 Å². The van der Waals surface area contributed by atoms with Crippen LogP contribution < -0.4 is 0 Å². The van der Waals surface area contributed by atoms with Crippen LogP contribution in [0.2, 0.25) is 0 Å². The lowest BCUT2D eigenvalue weighted by atomic mass is 10.1. The molecule has 18 heavy (non-hydrogen) atoms. The second-order valence-electron chi connectivity index (χ2n) is 4.18.